The lowest BCUT2D eigenvalue weighted by Gasteiger charge is -2.10. The Morgan fingerprint density at radius 3 is 2.66 bits per heavy atom. The number of nitrogens with one attached hydrogen (secondary N) is 1. The quantitative estimate of drug-likeness (QED) is 0.528. The van der Waals surface area contributed by atoms with Crippen LogP contribution in [0.4, 0.5) is 5.69 Å². The van der Waals surface area contributed by atoms with Crippen molar-refractivity contribution in [2.75, 3.05) is 4.72 Å². The highest BCUT2D eigenvalue weighted by Gasteiger charge is 2.16. The van der Waals surface area contributed by atoms with Crippen LogP contribution in [0, 0.1) is 6.92 Å². The van der Waals surface area contributed by atoms with Crippen molar-refractivity contribution < 1.29 is 8.42 Å². The van der Waals surface area contributed by atoms with Crippen molar-refractivity contribution in [1.29, 1.82) is 0 Å². The second kappa shape index (κ2) is 7.38. The number of sulfonamides is 1. The smallest absolute Gasteiger partial charge is 0.280 e. The fourth-order valence-electron chi connectivity index (χ4n) is 2.93. The molecule has 7 nitrogen and oxygen atoms in total. The van der Waals surface area contributed by atoms with Crippen molar-refractivity contribution in [2.45, 2.75) is 18.4 Å². The highest BCUT2D eigenvalue weighted by Crippen LogP contribution is 2.22. The number of hydrogen-bond donors (Lipinski definition) is 1. The summed E-state index contributed by atoms with van der Waals surface area (Å²) in [6.45, 7) is 2.02. The number of anilines is 1. The molecule has 0 aliphatic heterocycles. The van der Waals surface area contributed by atoms with Gasteiger partial charge in [-0.05, 0) is 54.4 Å². The van der Waals surface area contributed by atoms with Crippen molar-refractivity contribution in [3.63, 3.8) is 0 Å². The molecule has 2 aromatic carbocycles. The summed E-state index contributed by atoms with van der Waals surface area (Å²) in [5, 5.41) is 4.67. The summed E-state index contributed by atoms with van der Waals surface area (Å²) in [5.41, 5.74) is 2.20. The summed E-state index contributed by atoms with van der Waals surface area (Å²) in [4.78, 5) is 12.5. The Labute approximate surface area is 172 Å². The van der Waals surface area contributed by atoms with E-state index in [0.29, 0.717) is 16.4 Å². The van der Waals surface area contributed by atoms with Gasteiger partial charge in [0.1, 0.15) is 0 Å². The Bertz CT molecular complexity index is 1380. The lowest BCUT2D eigenvalue weighted by molar-refractivity contribution is 0.601. The highest BCUT2D eigenvalue weighted by molar-refractivity contribution is 7.92. The van der Waals surface area contributed by atoms with Crippen LogP contribution in [0.2, 0.25) is 5.02 Å². The standard InChI is InChI=1S/C20H17ClN4O3S/c1-14-8-9-17(12-18(14)21)29(27,28)23-16-6-4-5-15(11-16)13-25-20(26)24-10-3-2-7-19(24)22-25/h2-12,23H,13H2,1H3. The van der Waals surface area contributed by atoms with Crippen LogP contribution in [0.3, 0.4) is 0 Å². The van der Waals surface area contributed by atoms with Gasteiger partial charge in [0.15, 0.2) is 5.65 Å². The molecule has 29 heavy (non-hydrogen) atoms. The van der Waals surface area contributed by atoms with Gasteiger partial charge in [-0.2, -0.15) is 0 Å². The van der Waals surface area contributed by atoms with Crippen LogP contribution in [0.5, 0.6) is 0 Å². The zero-order valence-electron chi connectivity index (χ0n) is 15.4. The first-order valence-corrected chi connectivity index (χ1v) is 10.6. The molecule has 2 aromatic heterocycles. The normalized spacial score (nSPS) is 11.7. The maximum Gasteiger partial charge on any atom is 0.350 e. The first kappa shape index (κ1) is 19.2. The molecule has 1 N–H and O–H groups in total. The number of benzene rings is 2. The minimum atomic E-state index is -3.79. The van der Waals surface area contributed by atoms with Gasteiger partial charge in [-0.15, -0.1) is 5.10 Å². The number of fused-ring (bicyclic) bond motifs is 1. The van der Waals surface area contributed by atoms with Gasteiger partial charge in [-0.3, -0.25) is 9.12 Å². The maximum atomic E-state index is 12.7. The third-order valence-electron chi connectivity index (χ3n) is 4.45. The molecule has 4 rings (SSSR count). The molecule has 0 aliphatic rings. The van der Waals surface area contributed by atoms with Gasteiger partial charge in [0.2, 0.25) is 0 Å². The van der Waals surface area contributed by atoms with E-state index in [9.17, 15) is 13.2 Å². The number of halogens is 1. The van der Waals surface area contributed by atoms with Crippen LogP contribution < -0.4 is 10.4 Å². The largest absolute Gasteiger partial charge is 0.350 e. The maximum absolute atomic E-state index is 12.7. The molecular weight excluding hydrogens is 412 g/mol. The Morgan fingerprint density at radius 1 is 1.07 bits per heavy atom. The van der Waals surface area contributed by atoms with Crippen LogP contribution in [0.15, 0.2) is 76.6 Å². The molecule has 0 radical (unpaired) electrons. The monoisotopic (exact) mass is 428 g/mol. The van der Waals surface area contributed by atoms with Gasteiger partial charge >= 0.3 is 5.69 Å². The van der Waals surface area contributed by atoms with Crippen LogP contribution in [-0.2, 0) is 16.6 Å². The van der Waals surface area contributed by atoms with Crippen molar-refractivity contribution in [3.05, 3.63) is 93.5 Å². The van der Waals surface area contributed by atoms with Crippen molar-refractivity contribution in [3.8, 4) is 0 Å². The van der Waals surface area contributed by atoms with E-state index >= 15 is 0 Å². The van der Waals surface area contributed by atoms with E-state index < -0.39 is 10.0 Å². The van der Waals surface area contributed by atoms with Crippen molar-refractivity contribution in [1.82, 2.24) is 14.2 Å². The van der Waals surface area contributed by atoms with Gasteiger partial charge < -0.3 is 0 Å². The average Bonchev–Trinajstić information content (AvgIpc) is 3.00. The molecule has 0 unspecified atom stereocenters. The van der Waals surface area contributed by atoms with Gasteiger partial charge in [-0.25, -0.2) is 17.9 Å². The van der Waals surface area contributed by atoms with Crippen molar-refractivity contribution in [2.24, 2.45) is 0 Å². The molecule has 0 amide bonds. The molecule has 2 heterocycles. The van der Waals surface area contributed by atoms with E-state index in [1.807, 2.05) is 0 Å². The number of rotatable bonds is 5. The molecule has 0 saturated carbocycles. The predicted molar refractivity (Wildman–Crippen MR) is 112 cm³/mol. The Hall–Kier alpha value is -3.10. The topological polar surface area (TPSA) is 85.5 Å². The fourth-order valence-corrected chi connectivity index (χ4v) is 4.25. The Morgan fingerprint density at radius 2 is 1.90 bits per heavy atom. The van der Waals surface area contributed by atoms with E-state index in [1.54, 1.807) is 61.7 Å². The zero-order valence-corrected chi connectivity index (χ0v) is 17.0. The van der Waals surface area contributed by atoms with Gasteiger partial charge in [0, 0.05) is 16.9 Å². The summed E-state index contributed by atoms with van der Waals surface area (Å²) in [7, 11) is -3.79. The van der Waals surface area contributed by atoms with E-state index in [4.69, 9.17) is 11.6 Å². The first-order valence-electron chi connectivity index (χ1n) is 8.76. The number of nitrogens with zero attached hydrogens (tertiary/aromatic N) is 3. The Kier molecular flexibility index (Phi) is 4.89. The number of aromatic nitrogens is 3. The molecule has 9 heteroatoms. The molecule has 0 spiro atoms. The minimum absolute atomic E-state index is 0.0788. The molecule has 0 fully saturated rings. The second-order valence-corrected chi connectivity index (χ2v) is 8.68. The zero-order chi connectivity index (χ0) is 20.6. The fraction of sp³-hybridized carbons (Fsp3) is 0.100. The SMILES string of the molecule is Cc1ccc(S(=O)(=O)Nc2cccc(Cn3nc4ccccn4c3=O)c2)cc1Cl. The summed E-state index contributed by atoms with van der Waals surface area (Å²) in [5.74, 6) is 0. The minimum Gasteiger partial charge on any atom is -0.280 e. The lowest BCUT2D eigenvalue weighted by Crippen LogP contribution is -2.21. The van der Waals surface area contributed by atoms with Gasteiger partial charge in [-0.1, -0.05) is 35.9 Å². The second-order valence-electron chi connectivity index (χ2n) is 6.59. The highest BCUT2D eigenvalue weighted by atomic mass is 35.5. The summed E-state index contributed by atoms with van der Waals surface area (Å²) in [6, 6.07) is 16.7. The molecule has 148 valence electrons. The molecular formula is C20H17ClN4O3S. The van der Waals surface area contributed by atoms with E-state index in [-0.39, 0.29) is 17.1 Å². The van der Waals surface area contributed by atoms with Crippen LogP contribution in [-0.4, -0.2) is 22.6 Å². The molecule has 0 aliphatic carbocycles. The summed E-state index contributed by atoms with van der Waals surface area (Å²) in [6.07, 6.45) is 1.65. The first-order chi connectivity index (χ1) is 13.8. The molecule has 0 atom stereocenters. The number of hydrogen-bond acceptors (Lipinski definition) is 4. The van der Waals surface area contributed by atoms with Crippen LogP contribution in [0.25, 0.3) is 5.65 Å². The van der Waals surface area contributed by atoms with Crippen LogP contribution >= 0.6 is 11.6 Å². The number of aryl methyl sites for hydroxylation is 1. The van der Waals surface area contributed by atoms with E-state index in [0.717, 1.165) is 11.1 Å². The number of pyridine rings is 1. The lowest BCUT2D eigenvalue weighted by atomic mass is 10.2. The average molecular weight is 429 g/mol. The van der Waals surface area contributed by atoms with Crippen molar-refractivity contribution >= 4 is 33.0 Å². The molecule has 0 saturated heterocycles. The predicted octanol–water partition coefficient (Wildman–Crippen LogP) is 3.31. The third-order valence-corrected chi connectivity index (χ3v) is 6.24. The van der Waals surface area contributed by atoms with E-state index in [2.05, 4.69) is 9.82 Å². The Balaban J connectivity index is 1.60. The van der Waals surface area contributed by atoms with Gasteiger partial charge in [0.05, 0.1) is 11.4 Å². The molecule has 4 aromatic rings. The van der Waals surface area contributed by atoms with Gasteiger partial charge in [0.25, 0.3) is 10.0 Å². The summed E-state index contributed by atoms with van der Waals surface area (Å²) >= 11 is 6.05. The molecule has 0 bridgehead atoms. The summed E-state index contributed by atoms with van der Waals surface area (Å²) < 4.78 is 30.7. The third kappa shape index (κ3) is 3.90. The van der Waals surface area contributed by atoms with E-state index in [1.165, 1.54) is 21.2 Å². The van der Waals surface area contributed by atoms with Crippen LogP contribution in [0.1, 0.15) is 11.1 Å².